The van der Waals surface area contributed by atoms with E-state index in [1.807, 2.05) is 7.05 Å². The number of hydrogen-bond donors (Lipinski definition) is 0. The molecular weight excluding hydrogens is 250 g/mol. The lowest BCUT2D eigenvalue weighted by atomic mass is 10.1. The molecule has 0 aromatic rings. The van der Waals surface area contributed by atoms with Gasteiger partial charge in [-0.3, -0.25) is 4.79 Å². The highest BCUT2D eigenvalue weighted by Gasteiger charge is 2.04. The molecule has 0 aliphatic heterocycles. The SMILES string of the molecule is CCCCCCCCCCCOC(=O)CCN(C)CC. The maximum atomic E-state index is 11.5. The van der Waals surface area contributed by atoms with E-state index in [1.165, 1.54) is 51.4 Å². The smallest absolute Gasteiger partial charge is 0.307 e. The van der Waals surface area contributed by atoms with E-state index < -0.39 is 0 Å². The first-order valence-corrected chi connectivity index (χ1v) is 8.54. The van der Waals surface area contributed by atoms with Crippen LogP contribution in [0.5, 0.6) is 0 Å². The highest BCUT2D eigenvalue weighted by molar-refractivity contribution is 5.69. The Morgan fingerprint density at radius 3 is 2.00 bits per heavy atom. The number of rotatable bonds is 14. The normalized spacial score (nSPS) is 11.0. The lowest BCUT2D eigenvalue weighted by molar-refractivity contribution is -0.144. The molecule has 0 unspecified atom stereocenters. The number of esters is 1. The van der Waals surface area contributed by atoms with Gasteiger partial charge in [0.1, 0.15) is 0 Å². The largest absolute Gasteiger partial charge is 0.466 e. The van der Waals surface area contributed by atoms with Gasteiger partial charge < -0.3 is 9.64 Å². The molecule has 0 rings (SSSR count). The van der Waals surface area contributed by atoms with Gasteiger partial charge in [0.25, 0.3) is 0 Å². The van der Waals surface area contributed by atoms with Gasteiger partial charge in [-0.05, 0) is 20.0 Å². The Morgan fingerprint density at radius 2 is 1.45 bits per heavy atom. The van der Waals surface area contributed by atoms with Gasteiger partial charge in [0.05, 0.1) is 13.0 Å². The molecule has 120 valence electrons. The third-order valence-electron chi connectivity index (χ3n) is 3.75. The van der Waals surface area contributed by atoms with Crippen molar-refractivity contribution in [2.24, 2.45) is 0 Å². The summed E-state index contributed by atoms with van der Waals surface area (Å²) in [5, 5.41) is 0. The Morgan fingerprint density at radius 1 is 0.900 bits per heavy atom. The van der Waals surface area contributed by atoms with Crippen LogP contribution >= 0.6 is 0 Å². The number of carbonyl (C=O) groups is 1. The Bertz CT molecular complexity index is 219. The van der Waals surface area contributed by atoms with E-state index in [-0.39, 0.29) is 5.97 Å². The maximum absolute atomic E-state index is 11.5. The first-order chi connectivity index (χ1) is 9.70. The Hall–Kier alpha value is -0.570. The van der Waals surface area contributed by atoms with Gasteiger partial charge in [-0.2, -0.15) is 0 Å². The van der Waals surface area contributed by atoms with Gasteiger partial charge in [-0.1, -0.05) is 65.2 Å². The van der Waals surface area contributed by atoms with Crippen molar-refractivity contribution >= 4 is 5.97 Å². The van der Waals surface area contributed by atoms with Crippen LogP contribution in [0.25, 0.3) is 0 Å². The molecule has 0 N–H and O–H groups in total. The van der Waals surface area contributed by atoms with Crippen LogP contribution in [0.2, 0.25) is 0 Å². The molecule has 0 aliphatic carbocycles. The molecule has 3 nitrogen and oxygen atoms in total. The summed E-state index contributed by atoms with van der Waals surface area (Å²) >= 11 is 0. The van der Waals surface area contributed by atoms with Crippen LogP contribution in [0.4, 0.5) is 0 Å². The third-order valence-corrected chi connectivity index (χ3v) is 3.75. The summed E-state index contributed by atoms with van der Waals surface area (Å²) in [5.41, 5.74) is 0. The molecule has 0 saturated carbocycles. The average Bonchev–Trinajstić information content (AvgIpc) is 2.46. The van der Waals surface area contributed by atoms with Crippen LogP contribution in [0.1, 0.15) is 78.1 Å². The summed E-state index contributed by atoms with van der Waals surface area (Å²) in [7, 11) is 2.02. The lowest BCUT2D eigenvalue weighted by Gasteiger charge is -2.12. The second kappa shape index (κ2) is 14.8. The molecule has 0 spiro atoms. The molecule has 3 heteroatoms. The quantitative estimate of drug-likeness (QED) is 0.350. The van der Waals surface area contributed by atoms with Crippen molar-refractivity contribution in [3.05, 3.63) is 0 Å². The molecule has 0 atom stereocenters. The highest BCUT2D eigenvalue weighted by Crippen LogP contribution is 2.09. The Labute approximate surface area is 126 Å². The first-order valence-electron chi connectivity index (χ1n) is 8.54. The van der Waals surface area contributed by atoms with E-state index in [0.717, 1.165) is 19.5 Å². The van der Waals surface area contributed by atoms with Gasteiger partial charge in [0.2, 0.25) is 0 Å². The van der Waals surface area contributed by atoms with Gasteiger partial charge >= 0.3 is 5.97 Å². The first kappa shape index (κ1) is 19.4. The predicted octanol–water partition coefficient (Wildman–Crippen LogP) is 4.40. The van der Waals surface area contributed by atoms with Crippen LogP contribution < -0.4 is 0 Å². The van der Waals surface area contributed by atoms with Crippen LogP contribution in [0.15, 0.2) is 0 Å². The zero-order chi connectivity index (χ0) is 15.1. The number of carbonyl (C=O) groups excluding carboxylic acids is 1. The summed E-state index contributed by atoms with van der Waals surface area (Å²) in [5.74, 6) is -0.0511. The molecule has 0 radical (unpaired) electrons. The number of nitrogens with zero attached hydrogens (tertiary/aromatic N) is 1. The minimum atomic E-state index is -0.0511. The monoisotopic (exact) mass is 285 g/mol. The van der Waals surface area contributed by atoms with Gasteiger partial charge in [0.15, 0.2) is 0 Å². The number of ether oxygens (including phenoxy) is 1. The molecule has 0 aromatic carbocycles. The third kappa shape index (κ3) is 13.9. The van der Waals surface area contributed by atoms with Crippen LogP contribution in [0.3, 0.4) is 0 Å². The summed E-state index contributed by atoms with van der Waals surface area (Å²) in [6, 6.07) is 0. The fourth-order valence-electron chi connectivity index (χ4n) is 2.11. The van der Waals surface area contributed by atoms with Crippen LogP contribution in [-0.4, -0.2) is 37.6 Å². The number of hydrogen-bond acceptors (Lipinski definition) is 3. The minimum Gasteiger partial charge on any atom is -0.466 e. The Balaban J connectivity index is 3.17. The minimum absolute atomic E-state index is 0.0511. The maximum Gasteiger partial charge on any atom is 0.307 e. The van der Waals surface area contributed by atoms with E-state index in [1.54, 1.807) is 0 Å². The van der Waals surface area contributed by atoms with E-state index in [2.05, 4.69) is 18.7 Å². The van der Waals surface area contributed by atoms with E-state index in [0.29, 0.717) is 13.0 Å². The molecule has 20 heavy (non-hydrogen) atoms. The molecule has 0 aromatic heterocycles. The topological polar surface area (TPSA) is 29.5 Å². The van der Waals surface area contributed by atoms with Crippen LogP contribution in [-0.2, 0) is 9.53 Å². The fourth-order valence-corrected chi connectivity index (χ4v) is 2.11. The van der Waals surface area contributed by atoms with Crippen molar-refractivity contribution in [1.82, 2.24) is 4.90 Å². The molecule has 0 amide bonds. The number of unbranched alkanes of at least 4 members (excludes halogenated alkanes) is 8. The van der Waals surface area contributed by atoms with Gasteiger partial charge in [0, 0.05) is 6.54 Å². The molecule has 0 saturated heterocycles. The molecule has 0 bridgehead atoms. The molecule has 0 heterocycles. The standard InChI is InChI=1S/C17H35NO2/c1-4-6-7-8-9-10-11-12-13-16-20-17(19)14-15-18(3)5-2/h4-16H2,1-3H3. The predicted molar refractivity (Wildman–Crippen MR) is 86.0 cm³/mol. The summed E-state index contributed by atoms with van der Waals surface area (Å²) in [6.07, 6.45) is 12.2. The van der Waals surface area contributed by atoms with Crippen molar-refractivity contribution < 1.29 is 9.53 Å². The van der Waals surface area contributed by atoms with Crippen molar-refractivity contribution in [2.75, 3.05) is 26.7 Å². The molecule has 0 aliphatic rings. The average molecular weight is 285 g/mol. The molecular formula is C17H35NO2. The lowest BCUT2D eigenvalue weighted by Crippen LogP contribution is -2.22. The van der Waals surface area contributed by atoms with Crippen molar-refractivity contribution in [2.45, 2.75) is 78.1 Å². The van der Waals surface area contributed by atoms with E-state index in [4.69, 9.17) is 4.74 Å². The molecule has 0 fully saturated rings. The summed E-state index contributed by atoms with van der Waals surface area (Å²) in [4.78, 5) is 13.6. The Kier molecular flexibility index (Phi) is 14.4. The van der Waals surface area contributed by atoms with Crippen molar-refractivity contribution in [3.8, 4) is 0 Å². The van der Waals surface area contributed by atoms with E-state index in [9.17, 15) is 4.79 Å². The summed E-state index contributed by atoms with van der Waals surface area (Å²) in [6.45, 7) is 6.72. The van der Waals surface area contributed by atoms with Crippen LogP contribution in [0, 0.1) is 0 Å². The van der Waals surface area contributed by atoms with Crippen molar-refractivity contribution in [1.29, 1.82) is 0 Å². The van der Waals surface area contributed by atoms with Gasteiger partial charge in [-0.15, -0.1) is 0 Å². The zero-order valence-corrected chi connectivity index (χ0v) is 14.0. The second-order valence-electron chi connectivity index (χ2n) is 5.69. The van der Waals surface area contributed by atoms with Gasteiger partial charge in [-0.25, -0.2) is 0 Å². The second-order valence-corrected chi connectivity index (χ2v) is 5.69. The fraction of sp³-hybridized carbons (Fsp3) is 0.941. The zero-order valence-electron chi connectivity index (χ0n) is 14.0. The summed E-state index contributed by atoms with van der Waals surface area (Å²) < 4.78 is 5.23. The van der Waals surface area contributed by atoms with E-state index >= 15 is 0 Å². The van der Waals surface area contributed by atoms with Crippen molar-refractivity contribution in [3.63, 3.8) is 0 Å². The highest BCUT2D eigenvalue weighted by atomic mass is 16.5.